The molecule has 76 valence electrons. The van der Waals surface area contributed by atoms with Gasteiger partial charge in [-0.1, -0.05) is 25.1 Å². The third-order valence-corrected chi connectivity index (χ3v) is 1.96. The number of anilines is 1. The Bertz CT molecular complexity index is 310. The Kier molecular flexibility index (Phi) is 3.98. The van der Waals surface area contributed by atoms with Crippen LogP contribution >= 0.6 is 0 Å². The lowest BCUT2D eigenvalue weighted by atomic mass is 10.2. The van der Waals surface area contributed by atoms with E-state index in [4.69, 9.17) is 4.74 Å². The molecule has 3 nitrogen and oxygen atoms in total. The Morgan fingerprint density at radius 3 is 2.79 bits per heavy atom. The molecule has 1 rings (SSSR count). The second-order valence-corrected chi connectivity index (χ2v) is 2.92. The topological polar surface area (TPSA) is 38.3 Å². The molecule has 1 N–H and O–H groups in total. The molecule has 1 aromatic carbocycles. The highest BCUT2D eigenvalue weighted by atomic mass is 16.5. The molecule has 0 bridgehead atoms. The molecule has 0 aliphatic rings. The van der Waals surface area contributed by atoms with Gasteiger partial charge in [-0.2, -0.15) is 0 Å². The van der Waals surface area contributed by atoms with Crippen LogP contribution in [0.5, 0.6) is 0 Å². The predicted octanol–water partition coefficient (Wildman–Crippen LogP) is 2.18. The van der Waals surface area contributed by atoms with Crippen LogP contribution in [0.25, 0.3) is 0 Å². The average Bonchev–Trinajstić information content (AvgIpc) is 2.26. The van der Waals surface area contributed by atoms with E-state index in [-0.39, 0.29) is 5.97 Å². The molecule has 0 spiro atoms. The quantitative estimate of drug-likeness (QED) is 0.745. The lowest BCUT2D eigenvalue weighted by Crippen LogP contribution is -2.04. The van der Waals surface area contributed by atoms with Gasteiger partial charge in [0.1, 0.15) is 6.61 Å². The normalized spacial score (nSPS) is 9.57. The molecule has 0 aliphatic heterocycles. The fraction of sp³-hybridized carbons (Fsp3) is 0.364. The van der Waals surface area contributed by atoms with Gasteiger partial charge >= 0.3 is 5.97 Å². The number of para-hydroxylation sites is 1. The van der Waals surface area contributed by atoms with Gasteiger partial charge in [0.05, 0.1) is 0 Å². The van der Waals surface area contributed by atoms with Gasteiger partial charge < -0.3 is 10.1 Å². The summed E-state index contributed by atoms with van der Waals surface area (Å²) >= 11 is 0. The van der Waals surface area contributed by atoms with Crippen LogP contribution in [0.3, 0.4) is 0 Å². The van der Waals surface area contributed by atoms with Crippen molar-refractivity contribution in [2.45, 2.75) is 20.0 Å². The first-order valence-electron chi connectivity index (χ1n) is 4.69. The summed E-state index contributed by atoms with van der Waals surface area (Å²) < 4.78 is 5.04. The second-order valence-electron chi connectivity index (χ2n) is 2.92. The first kappa shape index (κ1) is 10.6. The molecule has 0 aromatic heterocycles. The number of hydrogen-bond acceptors (Lipinski definition) is 3. The monoisotopic (exact) mass is 193 g/mol. The van der Waals surface area contributed by atoms with Crippen molar-refractivity contribution in [3.8, 4) is 0 Å². The number of esters is 1. The Labute approximate surface area is 84.1 Å². The zero-order valence-corrected chi connectivity index (χ0v) is 8.54. The maximum absolute atomic E-state index is 10.9. The Hall–Kier alpha value is -1.51. The van der Waals surface area contributed by atoms with Crippen molar-refractivity contribution in [2.75, 3.05) is 12.4 Å². The van der Waals surface area contributed by atoms with Gasteiger partial charge in [0, 0.05) is 24.7 Å². The zero-order chi connectivity index (χ0) is 10.4. The predicted molar refractivity (Wildman–Crippen MR) is 56.1 cm³/mol. The maximum atomic E-state index is 10.9. The number of benzene rings is 1. The summed E-state index contributed by atoms with van der Waals surface area (Å²) in [5.74, 6) is -0.170. The highest BCUT2D eigenvalue weighted by Gasteiger charge is 2.02. The van der Waals surface area contributed by atoms with Crippen LogP contribution in [0.15, 0.2) is 24.3 Å². The van der Waals surface area contributed by atoms with E-state index >= 15 is 0 Å². The summed E-state index contributed by atoms with van der Waals surface area (Å²) in [6.07, 6.45) is 0.418. The number of hydrogen-bond donors (Lipinski definition) is 1. The summed E-state index contributed by atoms with van der Waals surface area (Å²) in [6.45, 7) is 2.12. The Balaban J connectivity index is 2.61. The minimum Gasteiger partial charge on any atom is -0.461 e. The Morgan fingerprint density at radius 1 is 1.43 bits per heavy atom. The lowest BCUT2D eigenvalue weighted by Gasteiger charge is -2.08. The molecule has 0 unspecified atom stereocenters. The van der Waals surface area contributed by atoms with E-state index in [0.29, 0.717) is 13.0 Å². The molecule has 0 radical (unpaired) electrons. The fourth-order valence-electron chi connectivity index (χ4n) is 1.15. The summed E-state index contributed by atoms with van der Waals surface area (Å²) in [7, 11) is 1.85. The minimum absolute atomic E-state index is 0.170. The Morgan fingerprint density at radius 2 is 2.14 bits per heavy atom. The minimum atomic E-state index is -0.170. The van der Waals surface area contributed by atoms with Gasteiger partial charge in [0.15, 0.2) is 0 Å². The lowest BCUT2D eigenvalue weighted by molar-refractivity contribution is -0.144. The van der Waals surface area contributed by atoms with Crippen molar-refractivity contribution < 1.29 is 9.53 Å². The van der Waals surface area contributed by atoms with Crippen molar-refractivity contribution >= 4 is 11.7 Å². The van der Waals surface area contributed by atoms with Gasteiger partial charge in [-0.25, -0.2) is 0 Å². The average molecular weight is 193 g/mol. The van der Waals surface area contributed by atoms with Crippen molar-refractivity contribution in [2.24, 2.45) is 0 Å². The van der Waals surface area contributed by atoms with Crippen LogP contribution in [-0.2, 0) is 16.1 Å². The zero-order valence-electron chi connectivity index (χ0n) is 8.54. The van der Waals surface area contributed by atoms with Crippen LogP contribution in [-0.4, -0.2) is 13.0 Å². The summed E-state index contributed by atoms with van der Waals surface area (Å²) in [6, 6.07) is 7.76. The molecular weight excluding hydrogens is 178 g/mol. The number of nitrogens with one attached hydrogen (secondary N) is 1. The van der Waals surface area contributed by atoms with Gasteiger partial charge in [-0.05, 0) is 6.07 Å². The third kappa shape index (κ3) is 2.76. The number of rotatable bonds is 4. The molecule has 0 aliphatic carbocycles. The van der Waals surface area contributed by atoms with Crippen molar-refractivity contribution in [1.82, 2.24) is 0 Å². The molecule has 0 saturated carbocycles. The first-order valence-corrected chi connectivity index (χ1v) is 4.69. The van der Waals surface area contributed by atoms with Gasteiger partial charge in [0.2, 0.25) is 0 Å². The van der Waals surface area contributed by atoms with Gasteiger partial charge in [-0.15, -0.1) is 0 Å². The number of ether oxygens (including phenoxy) is 1. The largest absolute Gasteiger partial charge is 0.461 e. The number of carbonyl (C=O) groups is 1. The first-order chi connectivity index (χ1) is 6.77. The van der Waals surface area contributed by atoms with Gasteiger partial charge in [0.25, 0.3) is 0 Å². The summed E-state index contributed by atoms with van der Waals surface area (Å²) in [4.78, 5) is 10.9. The second kappa shape index (κ2) is 5.27. The molecular formula is C11H15NO2. The highest BCUT2D eigenvalue weighted by Crippen LogP contribution is 2.15. The van der Waals surface area contributed by atoms with E-state index in [1.54, 1.807) is 6.92 Å². The molecule has 1 aromatic rings. The number of carbonyl (C=O) groups excluding carboxylic acids is 1. The van der Waals surface area contributed by atoms with Crippen molar-refractivity contribution in [1.29, 1.82) is 0 Å². The third-order valence-electron chi connectivity index (χ3n) is 1.96. The van der Waals surface area contributed by atoms with E-state index in [2.05, 4.69) is 5.32 Å². The van der Waals surface area contributed by atoms with Crippen LogP contribution in [0.2, 0.25) is 0 Å². The van der Waals surface area contributed by atoms with E-state index in [1.165, 1.54) is 0 Å². The van der Waals surface area contributed by atoms with E-state index in [9.17, 15) is 4.79 Å². The molecule has 14 heavy (non-hydrogen) atoms. The van der Waals surface area contributed by atoms with E-state index in [0.717, 1.165) is 11.3 Å². The van der Waals surface area contributed by atoms with Crippen LogP contribution in [0.1, 0.15) is 18.9 Å². The van der Waals surface area contributed by atoms with Crippen molar-refractivity contribution in [3.05, 3.63) is 29.8 Å². The van der Waals surface area contributed by atoms with Crippen LogP contribution in [0.4, 0.5) is 5.69 Å². The van der Waals surface area contributed by atoms with Crippen LogP contribution in [0, 0.1) is 0 Å². The van der Waals surface area contributed by atoms with Crippen molar-refractivity contribution in [3.63, 3.8) is 0 Å². The standard InChI is InChI=1S/C11H15NO2/c1-3-11(13)14-8-9-6-4-5-7-10(9)12-2/h4-7,12H,3,8H2,1-2H3. The van der Waals surface area contributed by atoms with E-state index in [1.807, 2.05) is 31.3 Å². The summed E-state index contributed by atoms with van der Waals surface area (Å²) in [5.41, 5.74) is 1.99. The highest BCUT2D eigenvalue weighted by molar-refractivity contribution is 5.69. The smallest absolute Gasteiger partial charge is 0.305 e. The molecule has 0 saturated heterocycles. The molecule has 0 atom stereocenters. The van der Waals surface area contributed by atoms with Crippen LogP contribution < -0.4 is 5.32 Å². The molecule has 0 heterocycles. The molecule has 0 amide bonds. The maximum Gasteiger partial charge on any atom is 0.305 e. The molecule has 0 fully saturated rings. The van der Waals surface area contributed by atoms with Gasteiger partial charge in [-0.3, -0.25) is 4.79 Å². The fourth-order valence-corrected chi connectivity index (χ4v) is 1.15. The summed E-state index contributed by atoms with van der Waals surface area (Å²) in [5, 5.41) is 3.05. The molecule has 3 heteroatoms. The van der Waals surface area contributed by atoms with E-state index < -0.39 is 0 Å². The SMILES string of the molecule is CCC(=O)OCc1ccccc1NC.